The Hall–Kier alpha value is -3.41. The molecule has 0 saturated heterocycles. The molecule has 0 fully saturated rings. The second kappa shape index (κ2) is 6.29. The number of rotatable bonds is 1. The van der Waals surface area contributed by atoms with Crippen LogP contribution in [0.2, 0.25) is 0 Å². The van der Waals surface area contributed by atoms with Crippen LogP contribution in [0.25, 0.3) is 33.1 Å². The van der Waals surface area contributed by atoms with Crippen LogP contribution < -0.4 is 0 Å². The maximum Gasteiger partial charge on any atom is 0.435 e. The van der Waals surface area contributed by atoms with Gasteiger partial charge in [-0.1, -0.05) is 0 Å². The zero-order valence-electron chi connectivity index (χ0n) is 16.3. The summed E-state index contributed by atoms with van der Waals surface area (Å²) >= 11 is 0. The molecule has 0 radical (unpaired) electrons. The number of nitriles is 1. The molecule has 0 amide bonds. The monoisotopic (exact) mass is 410 g/mol. The summed E-state index contributed by atoms with van der Waals surface area (Å²) in [7, 11) is 1.46. The smallest absolute Gasteiger partial charge is 0.282 e. The first-order chi connectivity index (χ1) is 14.3. The third kappa shape index (κ3) is 2.67. The van der Waals surface area contributed by atoms with Crippen molar-refractivity contribution >= 4 is 21.8 Å². The molecule has 1 aliphatic rings. The molecule has 1 N–H and O–H groups in total. The predicted molar refractivity (Wildman–Crippen MR) is 104 cm³/mol. The van der Waals surface area contributed by atoms with E-state index in [0.29, 0.717) is 30.3 Å². The number of fused-ring (bicyclic) bond motifs is 5. The lowest BCUT2D eigenvalue weighted by Crippen LogP contribution is -2.16. The van der Waals surface area contributed by atoms with Gasteiger partial charge in [-0.3, -0.25) is 9.78 Å². The number of pyridine rings is 1. The number of aryl methyl sites for hydroxylation is 3. The highest BCUT2D eigenvalue weighted by atomic mass is 19.4. The Bertz CT molecular complexity index is 1360. The van der Waals surface area contributed by atoms with E-state index in [1.165, 1.54) is 13.2 Å². The van der Waals surface area contributed by atoms with Gasteiger partial charge in [0.25, 0.3) is 0 Å². The van der Waals surface area contributed by atoms with E-state index in [0.717, 1.165) is 32.2 Å². The number of nitrogens with one attached hydrogen (secondary N) is 1. The van der Waals surface area contributed by atoms with Crippen LogP contribution in [0.3, 0.4) is 0 Å². The van der Waals surface area contributed by atoms with E-state index in [1.807, 2.05) is 13.0 Å². The van der Waals surface area contributed by atoms with E-state index in [9.17, 15) is 18.4 Å². The highest BCUT2D eigenvalue weighted by Gasteiger charge is 2.39. The van der Waals surface area contributed by atoms with Crippen molar-refractivity contribution in [2.45, 2.75) is 32.4 Å². The van der Waals surface area contributed by atoms with Crippen molar-refractivity contribution in [3.05, 3.63) is 40.8 Å². The normalized spacial score (nSPS) is 16.7. The van der Waals surface area contributed by atoms with Gasteiger partial charge in [-0.25, -0.2) is 4.98 Å². The minimum absolute atomic E-state index is 0.0502. The van der Waals surface area contributed by atoms with Crippen LogP contribution in [0.4, 0.5) is 13.2 Å². The average molecular weight is 410 g/mol. The van der Waals surface area contributed by atoms with Crippen LogP contribution in [0.5, 0.6) is 0 Å². The van der Waals surface area contributed by atoms with Crippen molar-refractivity contribution in [2.24, 2.45) is 13.0 Å². The molecule has 1 aliphatic carbocycles. The summed E-state index contributed by atoms with van der Waals surface area (Å²) in [6, 6.07) is 5.89. The van der Waals surface area contributed by atoms with Crippen molar-refractivity contribution in [1.29, 1.82) is 5.26 Å². The molecule has 9 heteroatoms. The van der Waals surface area contributed by atoms with Gasteiger partial charge in [0.05, 0.1) is 34.3 Å². The number of hydrogen-bond acceptors (Lipinski definition) is 4. The van der Waals surface area contributed by atoms with Gasteiger partial charge in [-0.2, -0.15) is 28.6 Å². The fraction of sp³-hybridized carbons (Fsp3) is 0.333. The van der Waals surface area contributed by atoms with Gasteiger partial charge in [0.1, 0.15) is 0 Å². The Morgan fingerprint density at radius 1 is 1.20 bits per heavy atom. The van der Waals surface area contributed by atoms with Crippen molar-refractivity contribution in [1.82, 2.24) is 25.0 Å². The molecule has 3 aromatic heterocycles. The van der Waals surface area contributed by atoms with Crippen LogP contribution in [0, 0.1) is 24.2 Å². The molecular formula is C21H17F3N6. The van der Waals surface area contributed by atoms with Crippen LogP contribution in [0.15, 0.2) is 18.3 Å². The lowest BCUT2D eigenvalue weighted by atomic mass is 9.80. The zero-order chi connectivity index (χ0) is 21.2. The molecule has 30 heavy (non-hydrogen) atoms. The first-order valence-electron chi connectivity index (χ1n) is 9.58. The van der Waals surface area contributed by atoms with Crippen LogP contribution in [0.1, 0.15) is 28.9 Å². The highest BCUT2D eigenvalue weighted by Crippen LogP contribution is 2.43. The van der Waals surface area contributed by atoms with Crippen molar-refractivity contribution < 1.29 is 13.2 Å². The Labute approximate surface area is 169 Å². The summed E-state index contributed by atoms with van der Waals surface area (Å²) in [5, 5.41) is 22.3. The van der Waals surface area contributed by atoms with Gasteiger partial charge in [-0.15, -0.1) is 0 Å². The van der Waals surface area contributed by atoms with Crippen molar-refractivity contribution in [2.75, 3.05) is 0 Å². The summed E-state index contributed by atoms with van der Waals surface area (Å²) < 4.78 is 42.2. The largest absolute Gasteiger partial charge is 0.435 e. The number of halogens is 3. The number of aromatic amines is 1. The first kappa shape index (κ1) is 18.6. The molecular weight excluding hydrogens is 393 g/mol. The summed E-state index contributed by atoms with van der Waals surface area (Å²) in [6.07, 6.45) is -1.62. The second-order valence-corrected chi connectivity index (χ2v) is 7.75. The summed E-state index contributed by atoms with van der Waals surface area (Å²) in [5.41, 5.74) is 3.19. The highest BCUT2D eigenvalue weighted by molar-refractivity contribution is 6.09. The van der Waals surface area contributed by atoms with E-state index in [-0.39, 0.29) is 17.2 Å². The minimum Gasteiger partial charge on any atom is -0.282 e. The van der Waals surface area contributed by atoms with E-state index in [4.69, 9.17) is 0 Å². The van der Waals surface area contributed by atoms with E-state index in [1.54, 1.807) is 6.07 Å². The molecule has 6 nitrogen and oxygen atoms in total. The Morgan fingerprint density at radius 3 is 2.70 bits per heavy atom. The van der Waals surface area contributed by atoms with Crippen molar-refractivity contribution in [3.63, 3.8) is 0 Å². The predicted octanol–water partition coefficient (Wildman–Crippen LogP) is 4.47. The third-order valence-electron chi connectivity index (χ3n) is 5.79. The zero-order valence-corrected chi connectivity index (χ0v) is 16.3. The molecule has 1 atom stereocenters. The molecule has 0 saturated carbocycles. The standard InChI is InChI=1S/C21H17F3N6/c1-10-17-16(28-27-10)6-5-15-18(17)12-4-3-11(8-25)7-13(12)19(26-15)14-9-30(2)29-20(14)21(22,23)24/h5-6,9,11H,3-4,7H2,1-2H3,(H,27,28). The van der Waals surface area contributed by atoms with Gasteiger partial charge >= 0.3 is 6.18 Å². The number of alkyl halides is 3. The number of benzene rings is 1. The molecule has 3 heterocycles. The third-order valence-corrected chi connectivity index (χ3v) is 5.79. The summed E-state index contributed by atoms with van der Waals surface area (Å²) in [4.78, 5) is 4.68. The van der Waals surface area contributed by atoms with Gasteiger partial charge in [0.2, 0.25) is 0 Å². The molecule has 0 aliphatic heterocycles. The lowest BCUT2D eigenvalue weighted by molar-refractivity contribution is -0.141. The topological polar surface area (TPSA) is 83.2 Å². The quantitative estimate of drug-likeness (QED) is 0.502. The minimum atomic E-state index is -4.60. The maximum absolute atomic E-state index is 13.7. The van der Waals surface area contributed by atoms with Gasteiger partial charge in [0, 0.05) is 29.7 Å². The number of nitrogens with zero attached hydrogens (tertiary/aromatic N) is 5. The van der Waals surface area contributed by atoms with Crippen LogP contribution in [-0.2, 0) is 26.1 Å². The summed E-state index contributed by atoms with van der Waals surface area (Å²) in [5.74, 6) is -0.258. The molecule has 0 spiro atoms. The molecule has 5 rings (SSSR count). The van der Waals surface area contributed by atoms with Gasteiger partial charge < -0.3 is 0 Å². The molecule has 1 unspecified atom stereocenters. The van der Waals surface area contributed by atoms with Gasteiger partial charge in [0.15, 0.2) is 5.69 Å². The molecule has 0 bridgehead atoms. The van der Waals surface area contributed by atoms with E-state index >= 15 is 0 Å². The molecule has 4 aromatic rings. The second-order valence-electron chi connectivity index (χ2n) is 7.75. The van der Waals surface area contributed by atoms with Crippen LogP contribution >= 0.6 is 0 Å². The Balaban J connectivity index is 1.90. The number of H-pyrrole nitrogens is 1. The lowest BCUT2D eigenvalue weighted by Gasteiger charge is -2.24. The Morgan fingerprint density at radius 2 is 1.97 bits per heavy atom. The summed E-state index contributed by atoms with van der Waals surface area (Å²) in [6.45, 7) is 1.92. The average Bonchev–Trinajstić information content (AvgIpc) is 3.29. The van der Waals surface area contributed by atoms with Gasteiger partial charge in [-0.05, 0) is 49.4 Å². The fourth-order valence-electron chi connectivity index (χ4n) is 4.50. The fourth-order valence-corrected chi connectivity index (χ4v) is 4.50. The van der Waals surface area contributed by atoms with E-state index in [2.05, 4.69) is 26.3 Å². The number of hydrogen-bond donors (Lipinski definition) is 1. The van der Waals surface area contributed by atoms with E-state index < -0.39 is 11.9 Å². The maximum atomic E-state index is 13.7. The molecule has 152 valence electrons. The Kier molecular flexibility index (Phi) is 3.90. The first-order valence-corrected chi connectivity index (χ1v) is 9.58. The number of aromatic nitrogens is 5. The molecule has 1 aromatic carbocycles. The SMILES string of the molecule is Cc1[nH]nc2ccc3nc(-c4cn(C)nc4C(F)(F)F)c4c(c3c12)CCC(C#N)C4. The van der Waals surface area contributed by atoms with Crippen LogP contribution in [-0.4, -0.2) is 25.0 Å². The van der Waals surface area contributed by atoms with Crippen molar-refractivity contribution in [3.8, 4) is 17.3 Å².